The minimum atomic E-state index is -0.997. The molecule has 4 rings (SSSR count). The van der Waals surface area contributed by atoms with Crippen molar-refractivity contribution < 1.29 is 23.7 Å². The molecule has 3 atom stereocenters. The van der Waals surface area contributed by atoms with Gasteiger partial charge in [-0.15, -0.1) is 0 Å². The van der Waals surface area contributed by atoms with Crippen LogP contribution in [0.5, 0.6) is 5.75 Å². The van der Waals surface area contributed by atoms with Gasteiger partial charge in [0.15, 0.2) is 23.6 Å². The highest BCUT2D eigenvalue weighted by Gasteiger charge is 2.53. The molecule has 0 radical (unpaired) electrons. The van der Waals surface area contributed by atoms with E-state index in [0.717, 1.165) is 28.2 Å². The molecule has 3 aromatic rings. The first kappa shape index (κ1) is 24.2. The van der Waals surface area contributed by atoms with Crippen molar-refractivity contribution in [2.45, 2.75) is 59.4 Å². The summed E-state index contributed by atoms with van der Waals surface area (Å²) < 4.78 is 26.6. The third-order valence-corrected chi connectivity index (χ3v) is 6.49. The number of methoxy groups -OCH3 is 1. The number of rotatable bonds is 6. The van der Waals surface area contributed by atoms with E-state index in [2.05, 4.69) is 0 Å². The summed E-state index contributed by atoms with van der Waals surface area (Å²) in [4.78, 5) is 17.9. The number of benzene rings is 1. The van der Waals surface area contributed by atoms with Crippen LogP contribution in [0.4, 0.5) is 0 Å². The number of hydrogen-bond donors (Lipinski definition) is 0. The molecule has 7 nitrogen and oxygen atoms in total. The average Bonchev–Trinajstić information content (AvgIpc) is 3.09. The fourth-order valence-electron chi connectivity index (χ4n) is 4.30. The van der Waals surface area contributed by atoms with Crippen molar-refractivity contribution >= 4 is 11.6 Å². The largest absolute Gasteiger partial charge is 0.477 e. The monoisotopic (exact) mass is 466 g/mol. The first-order valence-electron chi connectivity index (χ1n) is 11.6. The second-order valence-corrected chi connectivity index (χ2v) is 10.0. The van der Waals surface area contributed by atoms with Gasteiger partial charge in [0.25, 0.3) is 0 Å². The summed E-state index contributed by atoms with van der Waals surface area (Å²) in [5.41, 5.74) is 2.69. The van der Waals surface area contributed by atoms with Crippen molar-refractivity contribution in [2.75, 3.05) is 20.3 Å². The fraction of sp³-hybridized carbons (Fsp3) is 0.481. The molecule has 0 unspecified atom stereocenters. The third kappa shape index (κ3) is 4.18. The van der Waals surface area contributed by atoms with Crippen molar-refractivity contribution in [2.24, 2.45) is 5.41 Å². The van der Waals surface area contributed by atoms with Gasteiger partial charge in [0.1, 0.15) is 5.60 Å². The molecule has 0 bridgehead atoms. The number of esters is 1. The van der Waals surface area contributed by atoms with Crippen molar-refractivity contribution in [3.63, 3.8) is 0 Å². The molecule has 0 aliphatic carbocycles. The predicted molar refractivity (Wildman–Crippen MR) is 129 cm³/mol. The molecule has 1 aliphatic rings. The second-order valence-electron chi connectivity index (χ2n) is 10.0. The van der Waals surface area contributed by atoms with E-state index < -0.39 is 23.2 Å². The number of carbonyl (C=O) groups is 1. The van der Waals surface area contributed by atoms with Gasteiger partial charge in [0.05, 0.1) is 24.3 Å². The Morgan fingerprint density at radius 1 is 1.15 bits per heavy atom. The van der Waals surface area contributed by atoms with E-state index in [4.69, 9.17) is 23.9 Å². The topological polar surface area (TPSA) is 71.3 Å². The SMILES string of the molecule is COCCO[C@]1(C)c2ccn3c(C)c(C)nc3c2O[C@H](c2ccccc2)[C@H]1OC(=O)C(C)(C)C. The van der Waals surface area contributed by atoms with Crippen LogP contribution in [0.15, 0.2) is 42.6 Å². The summed E-state index contributed by atoms with van der Waals surface area (Å²) in [5.74, 6) is 0.316. The second kappa shape index (κ2) is 9.04. The number of hydrogen-bond acceptors (Lipinski definition) is 6. The first-order valence-corrected chi connectivity index (χ1v) is 11.6. The van der Waals surface area contributed by atoms with Gasteiger partial charge in [0, 0.05) is 24.6 Å². The van der Waals surface area contributed by atoms with Gasteiger partial charge in [-0.2, -0.15) is 0 Å². The van der Waals surface area contributed by atoms with E-state index in [-0.39, 0.29) is 5.97 Å². The molecule has 0 saturated heterocycles. The maximum absolute atomic E-state index is 13.1. The summed E-state index contributed by atoms with van der Waals surface area (Å²) in [7, 11) is 1.63. The van der Waals surface area contributed by atoms with Crippen LogP contribution in [-0.4, -0.2) is 41.8 Å². The zero-order chi connectivity index (χ0) is 24.7. The van der Waals surface area contributed by atoms with Crippen LogP contribution in [0.1, 0.15) is 56.3 Å². The third-order valence-electron chi connectivity index (χ3n) is 6.49. The summed E-state index contributed by atoms with van der Waals surface area (Å²) in [6.07, 6.45) is 0.651. The van der Waals surface area contributed by atoms with E-state index in [1.54, 1.807) is 7.11 Å². The number of imidazole rings is 1. The van der Waals surface area contributed by atoms with Crippen molar-refractivity contribution in [1.82, 2.24) is 9.38 Å². The number of carbonyl (C=O) groups excluding carboxylic acids is 1. The Morgan fingerprint density at radius 3 is 2.50 bits per heavy atom. The molecule has 0 amide bonds. The Bertz CT molecular complexity index is 1180. The Balaban J connectivity index is 1.93. The van der Waals surface area contributed by atoms with Crippen LogP contribution >= 0.6 is 0 Å². The van der Waals surface area contributed by atoms with Crippen molar-refractivity contribution in [3.05, 3.63) is 65.1 Å². The Hall–Kier alpha value is -2.90. The van der Waals surface area contributed by atoms with E-state index in [1.807, 2.05) is 88.5 Å². The number of aromatic nitrogens is 2. The lowest BCUT2D eigenvalue weighted by atomic mass is 9.81. The fourth-order valence-corrected chi connectivity index (χ4v) is 4.30. The Labute approximate surface area is 201 Å². The molecular weight excluding hydrogens is 432 g/mol. The molecule has 0 saturated carbocycles. The van der Waals surface area contributed by atoms with Crippen LogP contribution < -0.4 is 4.74 Å². The number of aryl methyl sites for hydroxylation is 2. The standard InChI is InChI=1S/C27H34N2O5/c1-17-18(2)29-14-13-20-22(24(29)28-17)33-21(19-11-9-8-10-12-19)23(34-25(30)26(3,4)5)27(20,6)32-16-15-31-7/h8-14,21,23H,15-16H2,1-7H3/t21-,23-,27-/m1/s1. The molecule has 0 N–H and O–H groups in total. The smallest absolute Gasteiger partial charge is 0.311 e. The maximum atomic E-state index is 13.1. The van der Waals surface area contributed by atoms with Gasteiger partial charge >= 0.3 is 5.97 Å². The van der Waals surface area contributed by atoms with Gasteiger partial charge in [-0.05, 0) is 53.2 Å². The molecule has 7 heteroatoms. The highest BCUT2D eigenvalue weighted by molar-refractivity contribution is 5.76. The maximum Gasteiger partial charge on any atom is 0.311 e. The van der Waals surface area contributed by atoms with Crippen LogP contribution in [0, 0.1) is 19.3 Å². The van der Waals surface area contributed by atoms with Crippen LogP contribution in [0.25, 0.3) is 5.65 Å². The van der Waals surface area contributed by atoms with Gasteiger partial charge in [-0.25, -0.2) is 4.98 Å². The zero-order valence-electron chi connectivity index (χ0n) is 21.0. The highest BCUT2D eigenvalue weighted by atomic mass is 16.6. The summed E-state index contributed by atoms with van der Waals surface area (Å²) in [6, 6.07) is 11.8. The van der Waals surface area contributed by atoms with E-state index in [1.165, 1.54) is 0 Å². The lowest BCUT2D eigenvalue weighted by Gasteiger charge is -2.46. The lowest BCUT2D eigenvalue weighted by Crippen LogP contribution is -2.52. The molecule has 2 aromatic heterocycles. The summed E-state index contributed by atoms with van der Waals surface area (Å²) in [6.45, 7) is 12.2. The van der Waals surface area contributed by atoms with Gasteiger partial charge in [0.2, 0.25) is 0 Å². The Kier molecular flexibility index (Phi) is 6.44. The van der Waals surface area contributed by atoms with E-state index >= 15 is 0 Å². The molecule has 3 heterocycles. The van der Waals surface area contributed by atoms with Gasteiger partial charge < -0.3 is 23.3 Å². The van der Waals surface area contributed by atoms with Crippen LogP contribution in [0.3, 0.4) is 0 Å². The first-order chi connectivity index (χ1) is 16.1. The van der Waals surface area contributed by atoms with Gasteiger partial charge in [-0.1, -0.05) is 30.3 Å². The average molecular weight is 467 g/mol. The molecule has 1 aliphatic heterocycles. The van der Waals surface area contributed by atoms with E-state index in [9.17, 15) is 4.79 Å². The van der Waals surface area contributed by atoms with E-state index in [0.29, 0.717) is 19.0 Å². The normalized spacial score (nSPS) is 22.3. The quantitative estimate of drug-likeness (QED) is 0.379. The minimum Gasteiger partial charge on any atom is -0.477 e. The minimum absolute atomic E-state index is 0.319. The van der Waals surface area contributed by atoms with Crippen LogP contribution in [0.2, 0.25) is 0 Å². The molecule has 34 heavy (non-hydrogen) atoms. The van der Waals surface area contributed by atoms with Crippen LogP contribution in [-0.2, 0) is 24.6 Å². The predicted octanol–water partition coefficient (Wildman–Crippen LogP) is 4.92. The molecule has 1 aromatic carbocycles. The summed E-state index contributed by atoms with van der Waals surface area (Å²) >= 11 is 0. The van der Waals surface area contributed by atoms with Crippen molar-refractivity contribution in [3.8, 4) is 5.75 Å². The van der Waals surface area contributed by atoms with Crippen molar-refractivity contribution in [1.29, 1.82) is 0 Å². The Morgan fingerprint density at radius 2 is 1.85 bits per heavy atom. The highest BCUT2D eigenvalue weighted by Crippen LogP contribution is 2.50. The molecule has 0 fully saturated rings. The number of pyridine rings is 1. The molecule has 0 spiro atoms. The number of fused-ring (bicyclic) bond motifs is 3. The summed E-state index contributed by atoms with van der Waals surface area (Å²) in [5, 5.41) is 0. The molecular formula is C27H34N2O5. The lowest BCUT2D eigenvalue weighted by molar-refractivity contribution is -0.206. The number of ether oxygens (including phenoxy) is 4. The van der Waals surface area contributed by atoms with Gasteiger partial charge in [-0.3, -0.25) is 4.79 Å². The number of nitrogens with zero attached hydrogens (tertiary/aromatic N) is 2. The molecule has 182 valence electrons. The zero-order valence-corrected chi connectivity index (χ0v) is 21.0.